The Kier molecular flexibility index (Phi) is 4.46. The maximum atomic E-state index is 5.23. The third-order valence-corrected chi connectivity index (χ3v) is 9.47. The van der Waals surface area contributed by atoms with E-state index in [9.17, 15) is 0 Å². The summed E-state index contributed by atoms with van der Waals surface area (Å²) >= 11 is 3.61. The van der Waals surface area contributed by atoms with E-state index in [1.54, 1.807) is 0 Å². The van der Waals surface area contributed by atoms with E-state index in [1.165, 1.54) is 60.7 Å². The van der Waals surface area contributed by atoms with E-state index < -0.39 is 0 Å². The van der Waals surface area contributed by atoms with Crippen molar-refractivity contribution in [1.82, 2.24) is 4.98 Å². The minimum absolute atomic E-state index is 0.352. The second-order valence-electron chi connectivity index (χ2n) is 10.8. The Hall–Kier alpha value is -4.53. The number of benzene rings is 6. The Morgan fingerprint density at radius 1 is 0.475 bits per heavy atom. The van der Waals surface area contributed by atoms with Crippen molar-refractivity contribution in [3.63, 3.8) is 0 Å². The molecule has 186 valence electrons. The van der Waals surface area contributed by atoms with Gasteiger partial charge in [-0.25, -0.2) is 4.98 Å². The first-order valence-electron chi connectivity index (χ1n) is 13.7. The molecule has 0 aliphatic heterocycles. The van der Waals surface area contributed by atoms with Crippen molar-refractivity contribution in [3.05, 3.63) is 160 Å². The molecule has 0 radical (unpaired) electrons. The van der Waals surface area contributed by atoms with Gasteiger partial charge in [0.1, 0.15) is 0 Å². The second-order valence-corrected chi connectivity index (χ2v) is 11.7. The molecule has 2 aliphatic carbocycles. The van der Waals surface area contributed by atoms with Gasteiger partial charge in [0.15, 0.2) is 0 Å². The van der Waals surface area contributed by atoms with E-state index in [0.29, 0.717) is 0 Å². The van der Waals surface area contributed by atoms with Gasteiger partial charge in [-0.2, -0.15) is 0 Å². The summed E-state index contributed by atoms with van der Waals surface area (Å²) in [6, 6.07) is 48.9. The van der Waals surface area contributed by atoms with E-state index in [1.807, 2.05) is 0 Å². The monoisotopic (exact) mass is 571 g/mol. The maximum absolute atomic E-state index is 5.23. The zero-order valence-electron chi connectivity index (χ0n) is 21.5. The number of hydrogen-bond donors (Lipinski definition) is 0. The number of rotatable bonds is 1. The van der Waals surface area contributed by atoms with E-state index in [-0.39, 0.29) is 5.41 Å². The van der Waals surface area contributed by atoms with Crippen LogP contribution in [0.2, 0.25) is 0 Å². The van der Waals surface area contributed by atoms with Crippen molar-refractivity contribution in [3.8, 4) is 33.5 Å². The van der Waals surface area contributed by atoms with Crippen molar-refractivity contribution in [2.24, 2.45) is 0 Å². The fourth-order valence-corrected chi connectivity index (χ4v) is 7.72. The Balaban J connectivity index is 1.50. The molecule has 2 aliphatic rings. The fourth-order valence-electron chi connectivity index (χ4n) is 7.45. The summed E-state index contributed by atoms with van der Waals surface area (Å²) in [7, 11) is 0. The van der Waals surface area contributed by atoms with Crippen molar-refractivity contribution in [1.29, 1.82) is 0 Å². The summed E-state index contributed by atoms with van der Waals surface area (Å²) < 4.78 is 1.07. The number of nitrogens with zero attached hydrogens (tertiary/aromatic N) is 1. The summed E-state index contributed by atoms with van der Waals surface area (Å²) in [6.45, 7) is 0. The first-order chi connectivity index (χ1) is 19.8. The molecule has 1 nitrogen and oxygen atoms in total. The van der Waals surface area contributed by atoms with Gasteiger partial charge in [0.05, 0.1) is 16.6 Å². The predicted molar refractivity (Wildman–Crippen MR) is 169 cm³/mol. The van der Waals surface area contributed by atoms with Crippen molar-refractivity contribution < 1.29 is 0 Å². The van der Waals surface area contributed by atoms with Crippen LogP contribution in [0.1, 0.15) is 22.3 Å². The molecule has 0 amide bonds. The standard InChI is InChI=1S/C38H22BrN/c39-24-19-17-23(18-20-24)37-29-21-22-33-36(35(29)28-12-4-8-16-34(28)40-37)27-11-3-7-15-32(27)38(33)30-13-5-1-9-25(30)26-10-2-6-14-31(26)38/h1-22H. The number of pyridine rings is 1. The lowest BCUT2D eigenvalue weighted by Crippen LogP contribution is -2.25. The molecule has 0 N–H and O–H groups in total. The second kappa shape index (κ2) is 8.00. The third-order valence-electron chi connectivity index (χ3n) is 8.94. The van der Waals surface area contributed by atoms with Crippen LogP contribution >= 0.6 is 15.9 Å². The molecule has 6 aromatic carbocycles. The van der Waals surface area contributed by atoms with Crippen LogP contribution < -0.4 is 0 Å². The third kappa shape index (κ3) is 2.69. The highest BCUT2D eigenvalue weighted by molar-refractivity contribution is 9.10. The zero-order chi connectivity index (χ0) is 26.4. The molecule has 9 rings (SSSR count). The fraction of sp³-hybridized carbons (Fsp3) is 0.0263. The van der Waals surface area contributed by atoms with Crippen LogP contribution in [0, 0.1) is 0 Å². The SMILES string of the molecule is Brc1ccc(-c2nc3ccccc3c3c4c(ccc23)C2(c3ccccc3-c3ccccc32)c2ccccc2-4)cc1. The Labute approximate surface area is 240 Å². The average Bonchev–Trinajstić information content (AvgIpc) is 3.48. The molecule has 1 aromatic heterocycles. The lowest BCUT2D eigenvalue weighted by molar-refractivity contribution is 0.794. The van der Waals surface area contributed by atoms with Gasteiger partial charge in [-0.3, -0.25) is 0 Å². The summed E-state index contributed by atoms with van der Waals surface area (Å²) in [5, 5.41) is 3.67. The Morgan fingerprint density at radius 3 is 1.75 bits per heavy atom. The van der Waals surface area contributed by atoms with E-state index in [2.05, 4.69) is 149 Å². The Bertz CT molecular complexity index is 2130. The molecular weight excluding hydrogens is 550 g/mol. The smallest absolute Gasteiger partial charge is 0.0788 e. The van der Waals surface area contributed by atoms with Gasteiger partial charge in [0.25, 0.3) is 0 Å². The van der Waals surface area contributed by atoms with Crippen LogP contribution in [-0.2, 0) is 5.41 Å². The largest absolute Gasteiger partial charge is 0.247 e. The topological polar surface area (TPSA) is 12.9 Å². The highest BCUT2D eigenvalue weighted by Gasteiger charge is 2.51. The molecule has 2 heteroatoms. The molecule has 0 atom stereocenters. The van der Waals surface area contributed by atoms with Crippen molar-refractivity contribution >= 4 is 37.6 Å². The highest BCUT2D eigenvalue weighted by atomic mass is 79.9. The van der Waals surface area contributed by atoms with Gasteiger partial charge < -0.3 is 0 Å². The Morgan fingerprint density at radius 2 is 1.05 bits per heavy atom. The number of hydrogen-bond acceptors (Lipinski definition) is 1. The minimum atomic E-state index is -0.352. The molecule has 1 heterocycles. The van der Waals surface area contributed by atoms with Gasteiger partial charge in [0.2, 0.25) is 0 Å². The van der Waals surface area contributed by atoms with E-state index >= 15 is 0 Å². The van der Waals surface area contributed by atoms with Gasteiger partial charge in [0, 0.05) is 26.2 Å². The molecule has 40 heavy (non-hydrogen) atoms. The van der Waals surface area contributed by atoms with E-state index in [0.717, 1.165) is 21.2 Å². The number of para-hydroxylation sites is 1. The average molecular weight is 573 g/mol. The normalized spacial score (nSPS) is 13.8. The van der Waals surface area contributed by atoms with Crippen molar-refractivity contribution in [2.75, 3.05) is 0 Å². The van der Waals surface area contributed by atoms with Crippen LogP contribution in [-0.4, -0.2) is 4.98 Å². The predicted octanol–water partition coefficient (Wildman–Crippen LogP) is 10.2. The first kappa shape index (κ1) is 22.3. The molecule has 7 aromatic rings. The summed E-state index contributed by atoms with van der Waals surface area (Å²) in [5.74, 6) is 0. The van der Waals surface area contributed by atoms with Crippen LogP contribution in [0.25, 0.3) is 55.2 Å². The van der Waals surface area contributed by atoms with Gasteiger partial charge >= 0.3 is 0 Å². The number of fused-ring (bicyclic) bond motifs is 14. The molecular formula is C38H22BrN. The van der Waals surface area contributed by atoms with Crippen molar-refractivity contribution in [2.45, 2.75) is 5.41 Å². The number of aromatic nitrogens is 1. The lowest BCUT2D eigenvalue weighted by Gasteiger charge is -2.30. The van der Waals surface area contributed by atoms with E-state index in [4.69, 9.17) is 4.98 Å². The molecule has 0 saturated heterocycles. The van der Waals surface area contributed by atoms with Crippen LogP contribution in [0.4, 0.5) is 0 Å². The molecule has 1 spiro atoms. The molecule has 0 fully saturated rings. The molecule has 0 bridgehead atoms. The van der Waals surface area contributed by atoms with Gasteiger partial charge in [-0.15, -0.1) is 0 Å². The highest BCUT2D eigenvalue weighted by Crippen LogP contribution is 2.64. The summed E-state index contributed by atoms with van der Waals surface area (Å²) in [6.07, 6.45) is 0. The minimum Gasteiger partial charge on any atom is -0.247 e. The zero-order valence-corrected chi connectivity index (χ0v) is 23.1. The summed E-state index contributed by atoms with van der Waals surface area (Å²) in [4.78, 5) is 5.23. The lowest BCUT2D eigenvalue weighted by atomic mass is 9.70. The van der Waals surface area contributed by atoms with Crippen LogP contribution in [0.15, 0.2) is 138 Å². The van der Waals surface area contributed by atoms with Crippen LogP contribution in [0.5, 0.6) is 0 Å². The number of halogens is 1. The van der Waals surface area contributed by atoms with Gasteiger partial charge in [-0.05, 0) is 62.7 Å². The maximum Gasteiger partial charge on any atom is 0.0788 e. The summed E-state index contributed by atoms with van der Waals surface area (Å²) in [5.41, 5.74) is 13.6. The first-order valence-corrected chi connectivity index (χ1v) is 14.5. The molecule has 0 saturated carbocycles. The molecule has 0 unspecified atom stereocenters. The quantitative estimate of drug-likeness (QED) is 0.178. The van der Waals surface area contributed by atoms with Gasteiger partial charge in [-0.1, -0.05) is 131 Å². The van der Waals surface area contributed by atoms with Crippen LogP contribution in [0.3, 0.4) is 0 Å².